The minimum atomic E-state index is 0.382. The maximum Gasteiger partial charge on any atom is 0.123 e. The molecule has 3 nitrogen and oxygen atoms in total. The topological polar surface area (TPSA) is 40.7 Å². The van der Waals surface area contributed by atoms with Crippen molar-refractivity contribution in [3.63, 3.8) is 0 Å². The summed E-state index contributed by atoms with van der Waals surface area (Å²) in [7, 11) is 0. The van der Waals surface area contributed by atoms with E-state index < -0.39 is 0 Å². The summed E-state index contributed by atoms with van der Waals surface area (Å²) in [5.41, 5.74) is 0. The first-order chi connectivity index (χ1) is 8.19. The first kappa shape index (κ1) is 12.6. The van der Waals surface area contributed by atoms with E-state index >= 15 is 0 Å². The Labute approximate surface area is 104 Å². The van der Waals surface area contributed by atoms with Crippen molar-refractivity contribution >= 4 is 0 Å². The molecule has 3 heteroatoms. The van der Waals surface area contributed by atoms with E-state index in [4.69, 9.17) is 0 Å². The molecule has 3 atom stereocenters. The number of hydrogen-bond acceptors (Lipinski definition) is 2. The highest BCUT2D eigenvalue weighted by Crippen LogP contribution is 2.30. The van der Waals surface area contributed by atoms with Crippen molar-refractivity contribution in [2.24, 2.45) is 11.8 Å². The second-order valence-electron chi connectivity index (χ2n) is 5.72. The number of aromatic amines is 1. The number of aromatic nitrogens is 2. The molecule has 1 aliphatic rings. The van der Waals surface area contributed by atoms with Gasteiger partial charge in [-0.2, -0.15) is 0 Å². The quantitative estimate of drug-likeness (QED) is 0.841. The van der Waals surface area contributed by atoms with Crippen molar-refractivity contribution < 1.29 is 0 Å². The zero-order chi connectivity index (χ0) is 12.3. The first-order valence-electron chi connectivity index (χ1n) is 6.94. The van der Waals surface area contributed by atoms with Crippen LogP contribution in [-0.2, 0) is 0 Å². The van der Waals surface area contributed by atoms with Crippen LogP contribution in [-0.4, -0.2) is 16.0 Å². The van der Waals surface area contributed by atoms with Gasteiger partial charge in [0.1, 0.15) is 5.82 Å². The fraction of sp³-hybridized carbons (Fsp3) is 0.786. The normalized spacial score (nSPS) is 31.4. The number of imidazole rings is 1. The molecule has 0 bridgehead atoms. The van der Waals surface area contributed by atoms with Gasteiger partial charge in [-0.05, 0) is 37.5 Å². The van der Waals surface area contributed by atoms with E-state index in [1.54, 1.807) is 0 Å². The van der Waals surface area contributed by atoms with Gasteiger partial charge >= 0.3 is 0 Å². The third-order valence-electron chi connectivity index (χ3n) is 3.87. The van der Waals surface area contributed by atoms with Gasteiger partial charge in [-0.3, -0.25) is 0 Å². The molecule has 0 saturated heterocycles. The Hall–Kier alpha value is -0.830. The molecule has 96 valence electrons. The molecule has 1 saturated carbocycles. The molecule has 0 spiro atoms. The van der Waals surface area contributed by atoms with Gasteiger partial charge in [0, 0.05) is 18.4 Å². The average molecular weight is 235 g/mol. The Bertz CT molecular complexity index is 310. The van der Waals surface area contributed by atoms with E-state index in [-0.39, 0.29) is 0 Å². The van der Waals surface area contributed by atoms with E-state index in [0.29, 0.717) is 12.1 Å². The highest BCUT2D eigenvalue weighted by atomic mass is 15.0. The van der Waals surface area contributed by atoms with E-state index in [1.165, 1.54) is 19.3 Å². The van der Waals surface area contributed by atoms with Crippen LogP contribution in [0.25, 0.3) is 0 Å². The Morgan fingerprint density at radius 1 is 1.35 bits per heavy atom. The van der Waals surface area contributed by atoms with E-state index in [2.05, 4.69) is 36.1 Å². The first-order valence-corrected chi connectivity index (χ1v) is 6.94. The Kier molecular flexibility index (Phi) is 4.21. The number of H-pyrrole nitrogens is 1. The molecule has 1 aromatic heterocycles. The Morgan fingerprint density at radius 3 is 2.59 bits per heavy atom. The standard InChI is InChI=1S/C14H25N3/c1-4-13(14-15-5-6-16-14)17-12-8-10(2)7-11(3)9-12/h5-6,10-13,17H,4,7-9H2,1-3H3,(H,15,16). The summed E-state index contributed by atoms with van der Waals surface area (Å²) in [5.74, 6) is 2.79. The molecule has 1 fully saturated rings. The molecule has 2 N–H and O–H groups in total. The number of nitrogens with zero attached hydrogens (tertiary/aromatic N) is 1. The van der Waals surface area contributed by atoms with Crippen LogP contribution >= 0.6 is 0 Å². The van der Waals surface area contributed by atoms with Crippen molar-refractivity contribution in [3.05, 3.63) is 18.2 Å². The Morgan fingerprint density at radius 2 is 2.06 bits per heavy atom. The molecule has 1 heterocycles. The second kappa shape index (κ2) is 5.67. The smallest absolute Gasteiger partial charge is 0.123 e. The lowest BCUT2D eigenvalue weighted by molar-refractivity contribution is 0.222. The third kappa shape index (κ3) is 3.32. The zero-order valence-electron chi connectivity index (χ0n) is 11.2. The SMILES string of the molecule is CCC(NC1CC(C)CC(C)C1)c1ncc[nH]1. The predicted octanol–water partition coefficient (Wildman–Crippen LogP) is 3.28. The minimum absolute atomic E-state index is 0.382. The van der Waals surface area contributed by atoms with Gasteiger partial charge in [0.05, 0.1) is 6.04 Å². The maximum atomic E-state index is 4.37. The van der Waals surface area contributed by atoms with Crippen molar-refractivity contribution in [2.75, 3.05) is 0 Å². The van der Waals surface area contributed by atoms with Gasteiger partial charge < -0.3 is 10.3 Å². The summed E-state index contributed by atoms with van der Waals surface area (Å²) >= 11 is 0. The largest absolute Gasteiger partial charge is 0.347 e. The maximum absolute atomic E-state index is 4.37. The molecular formula is C14H25N3. The summed E-state index contributed by atoms with van der Waals surface area (Å²) in [6.07, 6.45) is 8.84. The molecule has 0 amide bonds. The summed E-state index contributed by atoms with van der Waals surface area (Å²) < 4.78 is 0. The van der Waals surface area contributed by atoms with E-state index in [1.807, 2.05) is 12.4 Å². The molecule has 0 radical (unpaired) electrons. The molecule has 0 aromatic carbocycles. The van der Waals surface area contributed by atoms with Gasteiger partial charge in [-0.25, -0.2) is 4.98 Å². The van der Waals surface area contributed by atoms with Gasteiger partial charge in [0.25, 0.3) is 0 Å². The van der Waals surface area contributed by atoms with Crippen LogP contribution in [0, 0.1) is 11.8 Å². The van der Waals surface area contributed by atoms with Crippen LogP contribution in [0.2, 0.25) is 0 Å². The lowest BCUT2D eigenvalue weighted by atomic mass is 9.80. The molecule has 1 aromatic rings. The second-order valence-corrected chi connectivity index (χ2v) is 5.72. The summed E-state index contributed by atoms with van der Waals surface area (Å²) in [6, 6.07) is 1.04. The Balaban J connectivity index is 1.94. The lowest BCUT2D eigenvalue weighted by Crippen LogP contribution is -2.38. The van der Waals surface area contributed by atoms with Crippen molar-refractivity contribution in [3.8, 4) is 0 Å². The van der Waals surface area contributed by atoms with Crippen LogP contribution < -0.4 is 5.32 Å². The minimum Gasteiger partial charge on any atom is -0.347 e. The number of hydrogen-bond donors (Lipinski definition) is 2. The van der Waals surface area contributed by atoms with Crippen LogP contribution in [0.5, 0.6) is 0 Å². The number of nitrogens with one attached hydrogen (secondary N) is 2. The third-order valence-corrected chi connectivity index (χ3v) is 3.87. The van der Waals surface area contributed by atoms with Crippen LogP contribution in [0.15, 0.2) is 12.4 Å². The van der Waals surface area contributed by atoms with E-state index in [9.17, 15) is 0 Å². The fourth-order valence-electron chi connectivity index (χ4n) is 3.23. The van der Waals surface area contributed by atoms with Crippen LogP contribution in [0.1, 0.15) is 58.3 Å². The molecule has 1 aliphatic carbocycles. The van der Waals surface area contributed by atoms with Crippen LogP contribution in [0.4, 0.5) is 0 Å². The van der Waals surface area contributed by atoms with E-state index in [0.717, 1.165) is 24.1 Å². The van der Waals surface area contributed by atoms with Gasteiger partial charge in [0.15, 0.2) is 0 Å². The molecule has 3 unspecified atom stereocenters. The predicted molar refractivity (Wildman–Crippen MR) is 70.7 cm³/mol. The summed E-state index contributed by atoms with van der Waals surface area (Å²) in [4.78, 5) is 7.60. The summed E-state index contributed by atoms with van der Waals surface area (Å²) in [5, 5.41) is 3.78. The van der Waals surface area contributed by atoms with Crippen LogP contribution in [0.3, 0.4) is 0 Å². The lowest BCUT2D eigenvalue weighted by Gasteiger charge is -2.34. The van der Waals surface area contributed by atoms with Gasteiger partial charge in [0.2, 0.25) is 0 Å². The monoisotopic (exact) mass is 235 g/mol. The van der Waals surface area contributed by atoms with Crippen molar-refractivity contribution in [2.45, 2.75) is 58.5 Å². The summed E-state index contributed by atoms with van der Waals surface area (Å²) in [6.45, 7) is 6.96. The molecule has 17 heavy (non-hydrogen) atoms. The zero-order valence-corrected chi connectivity index (χ0v) is 11.2. The van der Waals surface area contributed by atoms with Crippen molar-refractivity contribution in [1.29, 1.82) is 0 Å². The molecule has 0 aliphatic heterocycles. The van der Waals surface area contributed by atoms with Gasteiger partial charge in [-0.1, -0.05) is 20.8 Å². The fourth-order valence-corrected chi connectivity index (χ4v) is 3.23. The van der Waals surface area contributed by atoms with Gasteiger partial charge in [-0.15, -0.1) is 0 Å². The van der Waals surface area contributed by atoms with Crippen molar-refractivity contribution in [1.82, 2.24) is 15.3 Å². The number of rotatable bonds is 4. The molecule has 2 rings (SSSR count). The highest BCUT2D eigenvalue weighted by Gasteiger charge is 2.26. The highest BCUT2D eigenvalue weighted by molar-refractivity contribution is 4.96. The molecular weight excluding hydrogens is 210 g/mol. The average Bonchev–Trinajstić information content (AvgIpc) is 2.77.